The average molecular weight is 332 g/mol. The first-order chi connectivity index (χ1) is 10.3. The summed E-state index contributed by atoms with van der Waals surface area (Å²) in [6, 6.07) is 0. The zero-order valence-corrected chi connectivity index (χ0v) is 17.3. The smallest absolute Gasteiger partial charge is 0.0120 e. The van der Waals surface area contributed by atoms with Gasteiger partial charge in [0, 0.05) is 0 Å². The first-order valence-electron chi connectivity index (χ1n) is 9.73. The molecule has 0 aromatic rings. The maximum Gasteiger partial charge on any atom is -0.0120 e. The van der Waals surface area contributed by atoms with Gasteiger partial charge in [-0.05, 0) is 43.4 Å². The third kappa shape index (κ3) is 14.2. The summed E-state index contributed by atoms with van der Waals surface area (Å²) in [5, 5.41) is 0. The van der Waals surface area contributed by atoms with Crippen molar-refractivity contribution in [2.75, 3.05) is 30.6 Å². The van der Waals surface area contributed by atoms with Crippen LogP contribution in [0.4, 0.5) is 0 Å². The molecule has 0 bridgehead atoms. The largest absolute Gasteiger partial charge is 0.102 e. The van der Waals surface area contributed by atoms with Gasteiger partial charge in [-0.1, -0.05) is 79.1 Å². The van der Waals surface area contributed by atoms with Crippen molar-refractivity contribution in [3.8, 4) is 0 Å². The van der Waals surface area contributed by atoms with E-state index in [9.17, 15) is 0 Å². The molecular weight excluding hydrogens is 290 g/mol. The summed E-state index contributed by atoms with van der Waals surface area (Å²) in [5.74, 6) is 1.66. The van der Waals surface area contributed by atoms with Gasteiger partial charge in [0.05, 0.1) is 0 Å². The van der Waals surface area contributed by atoms with Gasteiger partial charge in [-0.3, -0.25) is 0 Å². The fourth-order valence-corrected chi connectivity index (χ4v) is 10.5. The SMILES string of the molecule is CCCCCCP(CCC)CP(CCC)CCCCCC. The molecule has 0 aliphatic heterocycles. The molecule has 128 valence electrons. The van der Waals surface area contributed by atoms with E-state index in [0.717, 1.165) is 0 Å². The van der Waals surface area contributed by atoms with Crippen LogP contribution in [0.1, 0.15) is 91.9 Å². The van der Waals surface area contributed by atoms with E-state index < -0.39 is 0 Å². The first-order valence-corrected chi connectivity index (χ1v) is 13.5. The molecule has 0 fully saturated rings. The Labute approximate surface area is 138 Å². The van der Waals surface area contributed by atoms with Gasteiger partial charge < -0.3 is 0 Å². The molecule has 0 nitrogen and oxygen atoms in total. The summed E-state index contributed by atoms with van der Waals surface area (Å²) in [6.07, 6.45) is 20.8. The van der Waals surface area contributed by atoms with E-state index in [0.29, 0.717) is 15.8 Å². The van der Waals surface area contributed by atoms with E-state index in [2.05, 4.69) is 27.7 Å². The van der Waals surface area contributed by atoms with Crippen LogP contribution >= 0.6 is 15.8 Å². The number of unbranched alkanes of at least 4 members (excludes halogenated alkanes) is 6. The lowest BCUT2D eigenvalue weighted by atomic mass is 10.2. The molecule has 0 saturated carbocycles. The van der Waals surface area contributed by atoms with Crippen LogP contribution in [-0.4, -0.2) is 30.6 Å². The van der Waals surface area contributed by atoms with Crippen molar-refractivity contribution in [3.05, 3.63) is 0 Å². The van der Waals surface area contributed by atoms with Gasteiger partial charge in [-0.15, -0.1) is 15.8 Å². The van der Waals surface area contributed by atoms with E-state index in [-0.39, 0.29) is 0 Å². The lowest BCUT2D eigenvalue weighted by Gasteiger charge is -2.24. The first kappa shape index (κ1) is 21.9. The Kier molecular flexibility index (Phi) is 17.9. The van der Waals surface area contributed by atoms with E-state index >= 15 is 0 Å². The Hall–Kier alpha value is 0.860. The van der Waals surface area contributed by atoms with Gasteiger partial charge in [-0.25, -0.2) is 0 Å². The molecule has 0 rings (SSSR count). The number of hydrogen-bond donors (Lipinski definition) is 0. The minimum atomic E-state index is 0.376. The van der Waals surface area contributed by atoms with E-state index in [1.165, 1.54) is 64.2 Å². The Morgan fingerprint density at radius 2 is 0.857 bits per heavy atom. The minimum absolute atomic E-state index is 0.376. The van der Waals surface area contributed by atoms with Crippen LogP contribution in [-0.2, 0) is 0 Å². The maximum absolute atomic E-state index is 2.39. The highest BCUT2D eigenvalue weighted by atomic mass is 31.2. The molecule has 0 N–H and O–H groups in total. The summed E-state index contributed by atoms with van der Waals surface area (Å²) in [6.45, 7) is 9.44. The highest BCUT2D eigenvalue weighted by molar-refractivity contribution is 7.74. The molecule has 0 aromatic heterocycles. The minimum Gasteiger partial charge on any atom is -0.102 e. The molecule has 2 heteroatoms. The molecule has 21 heavy (non-hydrogen) atoms. The summed E-state index contributed by atoms with van der Waals surface area (Å²) in [4.78, 5) is 0. The van der Waals surface area contributed by atoms with Crippen LogP contribution in [0.2, 0.25) is 0 Å². The molecule has 0 aliphatic carbocycles. The lowest BCUT2D eigenvalue weighted by Crippen LogP contribution is -1.99. The highest BCUT2D eigenvalue weighted by Gasteiger charge is 2.14. The Bertz CT molecular complexity index is 174. The van der Waals surface area contributed by atoms with Crippen molar-refractivity contribution in [2.24, 2.45) is 0 Å². The Balaban J connectivity index is 4.04. The van der Waals surface area contributed by atoms with Crippen molar-refractivity contribution < 1.29 is 0 Å². The zero-order valence-electron chi connectivity index (χ0n) is 15.5. The van der Waals surface area contributed by atoms with Gasteiger partial charge in [0.2, 0.25) is 0 Å². The quantitative estimate of drug-likeness (QED) is 0.199. The van der Waals surface area contributed by atoms with Gasteiger partial charge in [0.25, 0.3) is 0 Å². The van der Waals surface area contributed by atoms with E-state index in [4.69, 9.17) is 0 Å². The van der Waals surface area contributed by atoms with Crippen LogP contribution in [0, 0.1) is 0 Å². The van der Waals surface area contributed by atoms with Gasteiger partial charge in [0.1, 0.15) is 0 Å². The molecule has 2 atom stereocenters. The van der Waals surface area contributed by atoms with Crippen molar-refractivity contribution >= 4 is 15.8 Å². The molecule has 0 radical (unpaired) electrons. The van der Waals surface area contributed by atoms with Gasteiger partial charge >= 0.3 is 0 Å². The van der Waals surface area contributed by atoms with Crippen molar-refractivity contribution in [2.45, 2.75) is 91.9 Å². The zero-order chi connectivity index (χ0) is 15.8. The second-order valence-electron chi connectivity index (χ2n) is 6.50. The molecule has 0 spiro atoms. The predicted molar refractivity (Wildman–Crippen MR) is 107 cm³/mol. The molecule has 2 unspecified atom stereocenters. The van der Waals surface area contributed by atoms with Crippen molar-refractivity contribution in [1.82, 2.24) is 0 Å². The van der Waals surface area contributed by atoms with Gasteiger partial charge in [-0.2, -0.15) is 0 Å². The maximum atomic E-state index is 2.39. The second kappa shape index (κ2) is 17.2. The van der Waals surface area contributed by atoms with Crippen LogP contribution < -0.4 is 0 Å². The van der Waals surface area contributed by atoms with Gasteiger partial charge in [0.15, 0.2) is 0 Å². The van der Waals surface area contributed by atoms with Crippen LogP contribution in [0.5, 0.6) is 0 Å². The number of rotatable bonds is 16. The molecule has 0 aromatic carbocycles. The lowest BCUT2D eigenvalue weighted by molar-refractivity contribution is 0.703. The van der Waals surface area contributed by atoms with Crippen LogP contribution in [0.15, 0.2) is 0 Å². The standard InChI is InChI=1S/C19H42P2/c1-5-9-11-13-17-20(15-7-3)19-21(16-8-4)18-14-12-10-6-2/h5-19H2,1-4H3. The van der Waals surface area contributed by atoms with E-state index in [1.807, 2.05) is 0 Å². The fraction of sp³-hybridized carbons (Fsp3) is 1.00. The summed E-state index contributed by atoms with van der Waals surface area (Å²) < 4.78 is 0. The summed E-state index contributed by atoms with van der Waals surface area (Å²) in [7, 11) is 0.752. The predicted octanol–water partition coefficient (Wildman–Crippen LogP) is 7.89. The second-order valence-corrected chi connectivity index (χ2v) is 12.1. The fourth-order valence-electron chi connectivity index (χ4n) is 2.95. The van der Waals surface area contributed by atoms with E-state index in [1.54, 1.807) is 30.6 Å². The topological polar surface area (TPSA) is 0 Å². The molecule has 0 saturated heterocycles. The number of hydrogen-bond acceptors (Lipinski definition) is 0. The molecule has 0 heterocycles. The molecule has 0 amide bonds. The highest BCUT2D eigenvalue weighted by Crippen LogP contribution is 2.52. The summed E-state index contributed by atoms with van der Waals surface area (Å²) in [5.41, 5.74) is 0. The molecule has 0 aliphatic rings. The molecular formula is C19H42P2. The normalized spacial score (nSPS) is 14.3. The Morgan fingerprint density at radius 1 is 0.429 bits per heavy atom. The third-order valence-corrected chi connectivity index (χ3v) is 11.4. The third-order valence-electron chi connectivity index (χ3n) is 4.14. The Morgan fingerprint density at radius 3 is 1.19 bits per heavy atom. The van der Waals surface area contributed by atoms with Crippen LogP contribution in [0.25, 0.3) is 0 Å². The van der Waals surface area contributed by atoms with Crippen molar-refractivity contribution in [3.63, 3.8) is 0 Å². The summed E-state index contributed by atoms with van der Waals surface area (Å²) >= 11 is 0. The average Bonchev–Trinajstić information content (AvgIpc) is 2.48. The van der Waals surface area contributed by atoms with Crippen molar-refractivity contribution in [1.29, 1.82) is 0 Å². The van der Waals surface area contributed by atoms with Crippen LogP contribution in [0.3, 0.4) is 0 Å². The monoisotopic (exact) mass is 332 g/mol.